The van der Waals surface area contributed by atoms with E-state index >= 15 is 0 Å². The molecule has 0 radical (unpaired) electrons. The molecule has 0 atom stereocenters. The van der Waals surface area contributed by atoms with E-state index in [1.54, 1.807) is 11.1 Å². The van der Waals surface area contributed by atoms with Gasteiger partial charge in [0.25, 0.3) is 0 Å². The molecular formula is C28H35F3N6O5. The van der Waals surface area contributed by atoms with E-state index in [2.05, 4.69) is 24.4 Å². The Morgan fingerprint density at radius 2 is 1.81 bits per heavy atom. The van der Waals surface area contributed by atoms with Gasteiger partial charge in [-0.2, -0.15) is 9.97 Å². The van der Waals surface area contributed by atoms with Crippen molar-refractivity contribution in [3.8, 4) is 17.5 Å². The van der Waals surface area contributed by atoms with Crippen LogP contribution in [0.1, 0.15) is 17.7 Å². The molecule has 1 aromatic heterocycles. The molecule has 0 saturated carbocycles. The number of phenolic OH excluding ortho intramolecular Hbond substituents is 1. The Kier molecular flexibility index (Phi) is 9.52. The van der Waals surface area contributed by atoms with Crippen LogP contribution in [0.4, 0.5) is 24.7 Å². The molecule has 1 aromatic carbocycles. The third-order valence-electron chi connectivity index (χ3n) is 7.47. The maximum absolute atomic E-state index is 13.1. The van der Waals surface area contributed by atoms with Crippen LogP contribution in [0, 0.1) is 0 Å². The highest BCUT2D eigenvalue weighted by molar-refractivity contribution is 5.65. The molecule has 0 spiro atoms. The van der Waals surface area contributed by atoms with E-state index in [0.29, 0.717) is 51.4 Å². The minimum absolute atomic E-state index is 0.127. The number of halogens is 3. The Morgan fingerprint density at radius 3 is 2.55 bits per heavy atom. The number of carbonyl (C=O) groups excluding carboxylic acids is 1. The number of carbonyl (C=O) groups is 1. The standard InChI is InChI=1S/C28H35F3N6O5/c29-28(30,31)42-25-4-3-21(39)19-24(25)37-8-5-22-23(20-37)32-27(41-16-2-7-35-13-17-40-18-14-35)33-26(22)36-11-9-34(10-12-36)6-1-15-38/h1,3-4,6,15,19,39H,2,5,7-14,16-18,20H2. The minimum atomic E-state index is -4.87. The predicted molar refractivity (Wildman–Crippen MR) is 148 cm³/mol. The number of anilines is 2. The van der Waals surface area contributed by atoms with Crippen molar-refractivity contribution in [2.45, 2.75) is 25.7 Å². The normalized spacial score (nSPS) is 18.3. The lowest BCUT2D eigenvalue weighted by Crippen LogP contribution is -2.45. The van der Waals surface area contributed by atoms with Crippen molar-refractivity contribution < 1.29 is 37.3 Å². The molecule has 0 bridgehead atoms. The third kappa shape index (κ3) is 7.73. The van der Waals surface area contributed by atoms with Crippen LogP contribution in [0.2, 0.25) is 0 Å². The van der Waals surface area contributed by atoms with E-state index in [9.17, 15) is 23.1 Å². The first-order valence-electron chi connectivity index (χ1n) is 14.1. The molecule has 2 saturated heterocycles. The fourth-order valence-electron chi connectivity index (χ4n) is 5.40. The van der Waals surface area contributed by atoms with Crippen LogP contribution in [0.15, 0.2) is 30.5 Å². The monoisotopic (exact) mass is 592 g/mol. The van der Waals surface area contributed by atoms with Gasteiger partial charge < -0.3 is 34.0 Å². The third-order valence-corrected chi connectivity index (χ3v) is 7.47. The lowest BCUT2D eigenvalue weighted by Gasteiger charge is -2.38. The van der Waals surface area contributed by atoms with E-state index in [4.69, 9.17) is 14.5 Å². The van der Waals surface area contributed by atoms with E-state index < -0.39 is 12.1 Å². The number of nitrogens with zero attached hydrogens (tertiary/aromatic N) is 6. The smallest absolute Gasteiger partial charge is 0.508 e. The summed E-state index contributed by atoms with van der Waals surface area (Å²) in [5.74, 6) is 0.195. The zero-order valence-electron chi connectivity index (χ0n) is 23.3. The van der Waals surface area contributed by atoms with Gasteiger partial charge in [-0.15, -0.1) is 13.2 Å². The summed E-state index contributed by atoms with van der Waals surface area (Å²) in [6.45, 7) is 7.81. The second-order valence-corrected chi connectivity index (χ2v) is 10.3. The SMILES string of the molecule is O=CC=CN1CCN(c2nc(OCCCN3CCOCC3)nc3c2CCN(c2cc(O)ccc2OC(F)(F)F)C3)CC1. The number of aromatic nitrogens is 2. The van der Waals surface area contributed by atoms with Gasteiger partial charge in [-0.3, -0.25) is 9.69 Å². The summed E-state index contributed by atoms with van der Waals surface area (Å²) in [5.41, 5.74) is 1.70. The van der Waals surface area contributed by atoms with Crippen LogP contribution in [0.5, 0.6) is 17.5 Å². The summed E-state index contributed by atoms with van der Waals surface area (Å²) >= 11 is 0. The Balaban J connectivity index is 1.36. The number of alkyl halides is 3. The maximum Gasteiger partial charge on any atom is 0.573 e. The summed E-state index contributed by atoms with van der Waals surface area (Å²) in [4.78, 5) is 28.5. The van der Waals surface area contributed by atoms with E-state index in [-0.39, 0.29) is 24.0 Å². The zero-order chi connectivity index (χ0) is 29.5. The predicted octanol–water partition coefficient (Wildman–Crippen LogP) is 2.58. The van der Waals surface area contributed by atoms with Crippen LogP contribution in [0.25, 0.3) is 0 Å². The largest absolute Gasteiger partial charge is 0.573 e. The molecule has 2 aromatic rings. The van der Waals surface area contributed by atoms with Gasteiger partial charge in [0.05, 0.1) is 37.7 Å². The van der Waals surface area contributed by atoms with Gasteiger partial charge in [0, 0.05) is 70.2 Å². The number of fused-ring (bicyclic) bond motifs is 1. The molecule has 3 aliphatic rings. The average Bonchev–Trinajstić information content (AvgIpc) is 2.98. The molecule has 11 nitrogen and oxygen atoms in total. The summed E-state index contributed by atoms with van der Waals surface area (Å²) < 4.78 is 55.1. The summed E-state index contributed by atoms with van der Waals surface area (Å²) in [7, 11) is 0. The highest BCUT2D eigenvalue weighted by Gasteiger charge is 2.34. The molecule has 228 valence electrons. The molecule has 42 heavy (non-hydrogen) atoms. The van der Waals surface area contributed by atoms with Gasteiger partial charge in [0.1, 0.15) is 17.9 Å². The highest BCUT2D eigenvalue weighted by Crippen LogP contribution is 2.39. The number of rotatable bonds is 10. The Hall–Kier alpha value is -3.78. The molecular weight excluding hydrogens is 557 g/mol. The van der Waals surface area contributed by atoms with Crippen LogP contribution >= 0.6 is 0 Å². The number of allylic oxidation sites excluding steroid dienone is 1. The maximum atomic E-state index is 13.1. The highest BCUT2D eigenvalue weighted by atomic mass is 19.4. The quantitative estimate of drug-likeness (QED) is 0.250. The lowest BCUT2D eigenvalue weighted by molar-refractivity contribution is -0.274. The molecule has 5 rings (SSSR count). The Bertz CT molecular complexity index is 1250. The second kappa shape index (κ2) is 13.5. The molecule has 14 heteroatoms. The van der Waals surface area contributed by atoms with Crippen LogP contribution in [0.3, 0.4) is 0 Å². The number of benzene rings is 1. The topological polar surface area (TPSA) is 104 Å². The zero-order valence-corrected chi connectivity index (χ0v) is 23.3. The van der Waals surface area contributed by atoms with Crippen LogP contribution in [-0.2, 0) is 22.5 Å². The molecule has 0 unspecified atom stereocenters. The number of morpholine rings is 1. The molecule has 0 aliphatic carbocycles. The van der Waals surface area contributed by atoms with Gasteiger partial charge in [-0.05, 0) is 31.1 Å². The van der Waals surface area contributed by atoms with Gasteiger partial charge in [-0.1, -0.05) is 0 Å². The minimum Gasteiger partial charge on any atom is -0.508 e. The van der Waals surface area contributed by atoms with E-state index in [1.807, 2.05) is 0 Å². The Morgan fingerprint density at radius 1 is 1.02 bits per heavy atom. The first kappa shape index (κ1) is 29.7. The summed E-state index contributed by atoms with van der Waals surface area (Å²) in [6, 6.07) is 3.76. The number of aromatic hydroxyl groups is 1. The first-order valence-corrected chi connectivity index (χ1v) is 14.1. The number of hydrogen-bond acceptors (Lipinski definition) is 11. The molecule has 3 aliphatic heterocycles. The summed E-state index contributed by atoms with van der Waals surface area (Å²) in [5, 5.41) is 10.1. The van der Waals surface area contributed by atoms with Crippen molar-refractivity contribution in [2.24, 2.45) is 0 Å². The van der Waals surface area contributed by atoms with Crippen LogP contribution in [-0.4, -0.2) is 110 Å². The fourth-order valence-corrected chi connectivity index (χ4v) is 5.40. The average molecular weight is 593 g/mol. The number of piperazine rings is 1. The molecule has 1 N–H and O–H groups in total. The molecule has 2 fully saturated rings. The van der Waals surface area contributed by atoms with Crippen molar-refractivity contribution in [3.05, 3.63) is 41.7 Å². The van der Waals surface area contributed by atoms with E-state index in [0.717, 1.165) is 69.1 Å². The van der Waals surface area contributed by atoms with Crippen molar-refractivity contribution in [2.75, 3.05) is 82.0 Å². The molecule has 0 amide bonds. The van der Waals surface area contributed by atoms with Crippen molar-refractivity contribution in [1.29, 1.82) is 0 Å². The van der Waals surface area contributed by atoms with Gasteiger partial charge in [-0.25, -0.2) is 0 Å². The van der Waals surface area contributed by atoms with Gasteiger partial charge in [0.15, 0.2) is 5.75 Å². The number of phenols is 1. The number of aldehydes is 1. The van der Waals surface area contributed by atoms with Gasteiger partial charge >= 0.3 is 12.4 Å². The van der Waals surface area contributed by atoms with Gasteiger partial charge in [0.2, 0.25) is 0 Å². The van der Waals surface area contributed by atoms with Crippen molar-refractivity contribution in [3.63, 3.8) is 0 Å². The Labute approximate surface area is 242 Å². The number of ether oxygens (including phenoxy) is 3. The van der Waals surface area contributed by atoms with E-state index in [1.165, 1.54) is 12.1 Å². The van der Waals surface area contributed by atoms with Crippen molar-refractivity contribution in [1.82, 2.24) is 19.8 Å². The second-order valence-electron chi connectivity index (χ2n) is 10.3. The van der Waals surface area contributed by atoms with Crippen molar-refractivity contribution >= 4 is 17.8 Å². The molecule has 4 heterocycles. The summed E-state index contributed by atoms with van der Waals surface area (Å²) in [6.07, 6.45) is 0.382. The lowest BCUT2D eigenvalue weighted by atomic mass is 10.0. The van der Waals surface area contributed by atoms with Crippen LogP contribution < -0.4 is 19.3 Å². The fraction of sp³-hybridized carbons (Fsp3) is 0.536. The first-order chi connectivity index (χ1) is 20.3. The number of hydrogen-bond donors (Lipinski definition) is 1.